The molecule has 1 aromatic carbocycles. The van der Waals surface area contributed by atoms with Crippen LogP contribution in [0.5, 0.6) is 0 Å². The molecule has 1 rings (SSSR count). The summed E-state index contributed by atoms with van der Waals surface area (Å²) in [6, 6.07) is 9.88. The molecule has 0 fully saturated rings. The van der Waals surface area contributed by atoms with Crippen LogP contribution in [-0.4, -0.2) is 4.50 Å². The molecule has 1 aromatic rings. The Morgan fingerprint density at radius 3 is 2.58 bits per heavy atom. The summed E-state index contributed by atoms with van der Waals surface area (Å²) in [7, 11) is 6.30. The average molecular weight is 220 g/mol. The summed E-state index contributed by atoms with van der Waals surface area (Å²) in [5.41, 5.74) is 1.13. The van der Waals surface area contributed by atoms with E-state index in [9.17, 15) is 0 Å². The fraction of sp³-hybridized carbons (Fsp3) is 0.125. The minimum atomic E-state index is 0.375. The van der Waals surface area contributed by atoms with Crippen molar-refractivity contribution in [3.63, 3.8) is 0 Å². The van der Waals surface area contributed by atoms with Gasteiger partial charge in [-0.3, -0.25) is 4.99 Å². The van der Waals surface area contributed by atoms with Gasteiger partial charge in [-0.1, -0.05) is 41.9 Å². The fourth-order valence-corrected chi connectivity index (χ4v) is 1.08. The van der Waals surface area contributed by atoms with E-state index in [1.165, 1.54) is 0 Å². The van der Waals surface area contributed by atoms with Crippen LogP contribution in [0, 0.1) is 0 Å². The lowest BCUT2D eigenvalue weighted by molar-refractivity contribution is 1.08. The van der Waals surface area contributed by atoms with Crippen molar-refractivity contribution in [3.8, 4) is 0 Å². The molecule has 0 bridgehead atoms. The van der Waals surface area contributed by atoms with E-state index >= 15 is 0 Å². The van der Waals surface area contributed by atoms with Gasteiger partial charge >= 0.3 is 0 Å². The first kappa shape index (κ1) is 9.90. The Morgan fingerprint density at radius 2 is 2.00 bits per heavy atom. The number of hydrogen-bond donors (Lipinski definition) is 0. The third-order valence-corrected chi connectivity index (χ3v) is 2.58. The topological polar surface area (TPSA) is 12.4 Å². The van der Waals surface area contributed by atoms with Gasteiger partial charge in [-0.2, -0.15) is 0 Å². The van der Waals surface area contributed by atoms with Gasteiger partial charge < -0.3 is 0 Å². The Kier molecular flexibility index (Phi) is 4.51. The highest BCUT2D eigenvalue weighted by Crippen LogP contribution is 2.13. The highest BCUT2D eigenvalue weighted by atomic mass is 35.7. The molecule has 0 N–H and O–H groups in total. The molecular weight excluding hydrogens is 213 g/mol. The maximum absolute atomic E-state index is 5.60. The predicted molar refractivity (Wildman–Crippen MR) is 56.9 cm³/mol. The van der Waals surface area contributed by atoms with E-state index in [0.717, 1.165) is 16.5 Å². The molecular formula is C8H7Cl2NS. The van der Waals surface area contributed by atoms with Crippen LogP contribution in [0.15, 0.2) is 35.3 Å². The lowest BCUT2D eigenvalue weighted by atomic mass is 10.2. The second-order valence-corrected chi connectivity index (χ2v) is 3.72. The number of aliphatic imine (C=N–C) groups is 1. The van der Waals surface area contributed by atoms with E-state index < -0.39 is 0 Å². The number of nitrogens with zero attached hydrogens (tertiary/aromatic N) is 1. The lowest BCUT2D eigenvalue weighted by Gasteiger charge is -1.94. The van der Waals surface area contributed by atoms with Crippen molar-refractivity contribution < 1.29 is 0 Å². The van der Waals surface area contributed by atoms with Crippen molar-refractivity contribution in [3.05, 3.63) is 35.9 Å². The van der Waals surface area contributed by atoms with Crippen molar-refractivity contribution in [2.45, 2.75) is 6.54 Å². The molecule has 0 aliphatic carbocycles. The van der Waals surface area contributed by atoms with Crippen LogP contribution >= 0.6 is 33.3 Å². The molecule has 64 valence electrons. The van der Waals surface area contributed by atoms with Crippen molar-refractivity contribution in [1.29, 1.82) is 0 Å². The zero-order valence-corrected chi connectivity index (χ0v) is 8.53. The van der Waals surface area contributed by atoms with Gasteiger partial charge in [-0.05, 0) is 16.2 Å². The van der Waals surface area contributed by atoms with Gasteiger partial charge in [-0.25, -0.2) is 0 Å². The first-order valence-corrected chi connectivity index (χ1v) is 5.37. The number of halogens is 2. The summed E-state index contributed by atoms with van der Waals surface area (Å²) >= 11 is 5.60. The van der Waals surface area contributed by atoms with Crippen LogP contribution in [0.3, 0.4) is 0 Å². The Hall–Kier alpha value is -0.180. The number of rotatable bonds is 2. The Morgan fingerprint density at radius 1 is 1.33 bits per heavy atom. The molecule has 0 unspecified atom stereocenters. The highest BCUT2D eigenvalue weighted by Gasteiger charge is 1.91. The number of benzene rings is 1. The van der Waals surface area contributed by atoms with Crippen molar-refractivity contribution in [2.24, 2.45) is 4.99 Å². The molecule has 0 spiro atoms. The number of hydrogen-bond acceptors (Lipinski definition) is 2. The SMILES string of the molecule is ClSC(Cl)=NCc1ccccc1. The molecule has 0 saturated carbocycles. The lowest BCUT2D eigenvalue weighted by Crippen LogP contribution is -1.82. The van der Waals surface area contributed by atoms with E-state index in [-0.39, 0.29) is 0 Å². The third kappa shape index (κ3) is 3.48. The average Bonchev–Trinajstić information content (AvgIpc) is 2.16. The van der Waals surface area contributed by atoms with Gasteiger partial charge in [0.15, 0.2) is 4.50 Å². The van der Waals surface area contributed by atoms with Gasteiger partial charge in [0.05, 0.1) is 6.54 Å². The quantitative estimate of drug-likeness (QED) is 0.547. The van der Waals surface area contributed by atoms with Crippen LogP contribution in [0.2, 0.25) is 0 Å². The zero-order valence-electron chi connectivity index (χ0n) is 6.21. The maximum atomic E-state index is 5.60. The summed E-state index contributed by atoms with van der Waals surface area (Å²) in [6.07, 6.45) is 0. The van der Waals surface area contributed by atoms with E-state index in [0.29, 0.717) is 11.0 Å². The fourth-order valence-electron chi connectivity index (χ4n) is 0.761. The van der Waals surface area contributed by atoms with Gasteiger partial charge in [-0.15, -0.1) is 0 Å². The maximum Gasteiger partial charge on any atom is 0.174 e. The second-order valence-electron chi connectivity index (χ2n) is 2.13. The van der Waals surface area contributed by atoms with Crippen LogP contribution in [0.4, 0.5) is 0 Å². The third-order valence-electron chi connectivity index (χ3n) is 1.29. The van der Waals surface area contributed by atoms with Crippen molar-refractivity contribution >= 4 is 37.8 Å². The van der Waals surface area contributed by atoms with E-state index in [1.54, 1.807) is 0 Å². The molecule has 0 atom stereocenters. The van der Waals surface area contributed by atoms with Gasteiger partial charge in [0.2, 0.25) is 0 Å². The zero-order chi connectivity index (χ0) is 8.81. The summed E-state index contributed by atoms with van der Waals surface area (Å²) in [5.74, 6) is 0. The summed E-state index contributed by atoms with van der Waals surface area (Å²) in [4.78, 5) is 4.03. The summed E-state index contributed by atoms with van der Waals surface area (Å²) < 4.78 is 0.375. The minimum absolute atomic E-state index is 0.375. The smallest absolute Gasteiger partial charge is 0.174 e. The molecule has 0 saturated heterocycles. The predicted octanol–water partition coefficient (Wildman–Crippen LogP) is 3.67. The summed E-state index contributed by atoms with van der Waals surface area (Å²) in [6.45, 7) is 0.583. The van der Waals surface area contributed by atoms with Gasteiger partial charge in [0.1, 0.15) is 0 Å². The Bertz CT molecular complexity index is 261. The molecule has 0 radical (unpaired) electrons. The normalized spacial score (nSPS) is 11.7. The molecule has 0 aliphatic rings. The van der Waals surface area contributed by atoms with E-state index in [4.69, 9.17) is 22.3 Å². The first-order chi connectivity index (χ1) is 5.83. The van der Waals surface area contributed by atoms with Crippen molar-refractivity contribution in [2.75, 3.05) is 0 Å². The Labute approximate surface area is 85.3 Å². The van der Waals surface area contributed by atoms with Crippen molar-refractivity contribution in [1.82, 2.24) is 0 Å². The second kappa shape index (κ2) is 5.46. The molecule has 4 heteroatoms. The molecule has 0 amide bonds. The monoisotopic (exact) mass is 219 g/mol. The van der Waals surface area contributed by atoms with E-state index in [2.05, 4.69) is 4.99 Å². The van der Waals surface area contributed by atoms with Crippen LogP contribution < -0.4 is 0 Å². The molecule has 1 nitrogen and oxygen atoms in total. The Balaban J connectivity index is 2.54. The molecule has 0 aliphatic heterocycles. The highest BCUT2D eigenvalue weighted by molar-refractivity contribution is 8.34. The minimum Gasteiger partial charge on any atom is -0.261 e. The molecule has 12 heavy (non-hydrogen) atoms. The molecule has 0 heterocycles. The van der Waals surface area contributed by atoms with Crippen LogP contribution in [-0.2, 0) is 6.54 Å². The van der Waals surface area contributed by atoms with Gasteiger partial charge in [0.25, 0.3) is 0 Å². The van der Waals surface area contributed by atoms with Crippen LogP contribution in [0.25, 0.3) is 0 Å². The standard InChI is InChI=1S/C8H7Cl2NS/c9-8(12-10)11-6-7-4-2-1-3-5-7/h1-5H,6H2. The first-order valence-electron chi connectivity index (χ1n) is 3.35. The molecule has 0 aromatic heterocycles. The van der Waals surface area contributed by atoms with Gasteiger partial charge in [0, 0.05) is 11.0 Å². The van der Waals surface area contributed by atoms with Crippen LogP contribution in [0.1, 0.15) is 5.56 Å². The largest absolute Gasteiger partial charge is 0.261 e. The van der Waals surface area contributed by atoms with E-state index in [1.807, 2.05) is 30.3 Å². The summed E-state index contributed by atoms with van der Waals surface area (Å²) in [5, 5.41) is 0.